The molecule has 0 spiro atoms. The van der Waals surface area contributed by atoms with Crippen LogP contribution < -0.4 is 0 Å². The minimum atomic E-state index is -0.0835. The Balaban J connectivity index is 1.88. The number of aromatic nitrogens is 2. The fourth-order valence-corrected chi connectivity index (χ4v) is 3.20. The number of aryl methyl sites for hydroxylation is 2. The molecule has 0 saturated carbocycles. The molecule has 0 unspecified atom stereocenters. The molecule has 2 aliphatic heterocycles. The van der Waals surface area contributed by atoms with E-state index >= 15 is 0 Å². The van der Waals surface area contributed by atoms with E-state index in [4.69, 9.17) is 9.47 Å². The highest BCUT2D eigenvalue weighted by atomic mass is 16.6. The first-order chi connectivity index (χ1) is 10.1. The van der Waals surface area contributed by atoms with Gasteiger partial charge in [-0.25, -0.2) is 0 Å². The predicted molar refractivity (Wildman–Crippen MR) is 76.4 cm³/mol. The largest absolute Gasteiger partial charge is 0.494 e. The van der Waals surface area contributed by atoms with E-state index in [0.717, 1.165) is 30.8 Å². The van der Waals surface area contributed by atoms with Crippen molar-refractivity contribution in [3.63, 3.8) is 0 Å². The van der Waals surface area contributed by atoms with E-state index < -0.39 is 0 Å². The first-order valence-electron chi connectivity index (χ1n) is 7.35. The van der Waals surface area contributed by atoms with Crippen molar-refractivity contribution in [2.75, 3.05) is 19.8 Å². The Hall–Kier alpha value is -1.98. The lowest BCUT2D eigenvalue weighted by Gasteiger charge is -2.27. The summed E-state index contributed by atoms with van der Waals surface area (Å²) in [4.78, 5) is 14.5. The number of likely N-dealkylation sites (tertiary alicyclic amines) is 1. The maximum absolute atomic E-state index is 12.6. The van der Waals surface area contributed by atoms with Gasteiger partial charge < -0.3 is 14.4 Å². The van der Waals surface area contributed by atoms with Crippen LogP contribution >= 0.6 is 0 Å². The Morgan fingerprint density at radius 3 is 2.81 bits per heavy atom. The van der Waals surface area contributed by atoms with Crippen LogP contribution in [0.25, 0.3) is 0 Å². The zero-order chi connectivity index (χ0) is 15.0. The predicted octanol–water partition coefficient (Wildman–Crippen LogP) is 1.59. The molecule has 1 atom stereocenters. The molecule has 0 bridgehead atoms. The van der Waals surface area contributed by atoms with Gasteiger partial charge in [0.25, 0.3) is 5.91 Å². The highest BCUT2D eigenvalue weighted by Gasteiger charge is 2.35. The van der Waals surface area contributed by atoms with Crippen LogP contribution in [-0.4, -0.2) is 40.3 Å². The summed E-state index contributed by atoms with van der Waals surface area (Å²) in [6, 6.07) is 0.0811. The van der Waals surface area contributed by atoms with Crippen molar-refractivity contribution < 1.29 is 14.3 Å². The maximum atomic E-state index is 12.6. The Labute approximate surface area is 124 Å². The van der Waals surface area contributed by atoms with Gasteiger partial charge in [-0.15, -0.1) is 0 Å². The standard InChI is InChI=1S/C15H21N3O3/c1-10-14(11(2)17(3)16-10)12-5-4-6-18(12)15(19)13-9-20-7-8-21-13/h9,12H,4-8H2,1-3H3/t12-/m0/s1. The molecule has 3 heterocycles. The number of carbonyl (C=O) groups is 1. The summed E-state index contributed by atoms with van der Waals surface area (Å²) in [5.74, 6) is 0.229. The minimum absolute atomic E-state index is 0.0811. The van der Waals surface area contributed by atoms with Crippen molar-refractivity contribution in [3.05, 3.63) is 29.0 Å². The molecule has 6 heteroatoms. The highest BCUT2D eigenvalue weighted by molar-refractivity contribution is 5.91. The third-order valence-corrected chi connectivity index (χ3v) is 4.27. The highest BCUT2D eigenvalue weighted by Crippen LogP contribution is 2.36. The summed E-state index contributed by atoms with van der Waals surface area (Å²) in [5.41, 5.74) is 3.28. The first-order valence-corrected chi connectivity index (χ1v) is 7.35. The third-order valence-electron chi connectivity index (χ3n) is 4.27. The minimum Gasteiger partial charge on any atom is -0.494 e. The van der Waals surface area contributed by atoms with Crippen LogP contribution in [0.15, 0.2) is 12.0 Å². The van der Waals surface area contributed by atoms with Gasteiger partial charge in [-0.2, -0.15) is 5.10 Å². The average molecular weight is 291 g/mol. The molecule has 1 saturated heterocycles. The van der Waals surface area contributed by atoms with Crippen LogP contribution in [-0.2, 0) is 21.3 Å². The van der Waals surface area contributed by atoms with Crippen molar-refractivity contribution in [2.24, 2.45) is 7.05 Å². The van der Waals surface area contributed by atoms with Gasteiger partial charge in [-0.1, -0.05) is 0 Å². The van der Waals surface area contributed by atoms with Crippen molar-refractivity contribution in [1.29, 1.82) is 0 Å². The van der Waals surface area contributed by atoms with Gasteiger partial charge in [0.05, 0.1) is 11.7 Å². The molecule has 0 N–H and O–H groups in total. The number of hydrogen-bond donors (Lipinski definition) is 0. The van der Waals surface area contributed by atoms with Crippen LogP contribution in [0.2, 0.25) is 0 Å². The van der Waals surface area contributed by atoms with Gasteiger partial charge in [0.1, 0.15) is 19.5 Å². The fraction of sp³-hybridized carbons (Fsp3) is 0.600. The number of rotatable bonds is 2. The number of hydrogen-bond acceptors (Lipinski definition) is 4. The van der Waals surface area contributed by atoms with Crippen LogP contribution in [0.4, 0.5) is 0 Å². The number of carbonyl (C=O) groups excluding carboxylic acids is 1. The normalized spacial score (nSPS) is 21.8. The van der Waals surface area contributed by atoms with Gasteiger partial charge in [0.2, 0.25) is 5.76 Å². The molecule has 3 rings (SSSR count). The topological polar surface area (TPSA) is 56.6 Å². The van der Waals surface area contributed by atoms with Gasteiger partial charge in [0.15, 0.2) is 0 Å². The van der Waals surface area contributed by atoms with Crippen molar-refractivity contribution in [1.82, 2.24) is 14.7 Å². The van der Waals surface area contributed by atoms with Crippen LogP contribution in [0, 0.1) is 13.8 Å². The van der Waals surface area contributed by atoms with E-state index in [2.05, 4.69) is 12.0 Å². The van der Waals surface area contributed by atoms with Crippen molar-refractivity contribution >= 4 is 5.91 Å². The molecule has 1 fully saturated rings. The lowest BCUT2D eigenvalue weighted by molar-refractivity contribution is -0.133. The van der Waals surface area contributed by atoms with Gasteiger partial charge in [-0.3, -0.25) is 9.48 Å². The molecule has 2 aliphatic rings. The van der Waals surface area contributed by atoms with Crippen LogP contribution in [0.5, 0.6) is 0 Å². The fourth-order valence-electron chi connectivity index (χ4n) is 3.20. The molecule has 21 heavy (non-hydrogen) atoms. The summed E-state index contributed by atoms with van der Waals surface area (Å²) in [6.45, 7) is 5.73. The SMILES string of the molecule is Cc1nn(C)c(C)c1[C@@H]1CCCN1C(=O)C1=COCCO1. The molecule has 1 aromatic heterocycles. The Kier molecular flexibility index (Phi) is 3.61. The molecule has 1 aromatic rings. The van der Waals surface area contributed by atoms with E-state index in [-0.39, 0.29) is 11.9 Å². The molecule has 0 aliphatic carbocycles. The summed E-state index contributed by atoms with van der Waals surface area (Å²) < 4.78 is 12.5. The molecule has 0 radical (unpaired) electrons. The first kappa shape index (κ1) is 14.0. The number of amides is 1. The summed E-state index contributed by atoms with van der Waals surface area (Å²) in [6.07, 6.45) is 3.40. The number of nitrogens with zero attached hydrogens (tertiary/aromatic N) is 3. The summed E-state index contributed by atoms with van der Waals surface area (Å²) >= 11 is 0. The molecule has 114 valence electrons. The molecule has 0 aromatic carbocycles. The second-order valence-electron chi connectivity index (χ2n) is 5.57. The summed E-state index contributed by atoms with van der Waals surface area (Å²) in [5, 5.41) is 4.47. The van der Waals surface area contributed by atoms with Gasteiger partial charge >= 0.3 is 0 Å². The average Bonchev–Trinajstić information content (AvgIpc) is 3.05. The zero-order valence-corrected chi connectivity index (χ0v) is 12.8. The Bertz CT molecular complexity index is 591. The lowest BCUT2D eigenvalue weighted by Crippen LogP contribution is -2.34. The smallest absolute Gasteiger partial charge is 0.292 e. The van der Waals surface area contributed by atoms with E-state index in [0.29, 0.717) is 19.0 Å². The number of ether oxygens (including phenoxy) is 2. The summed E-state index contributed by atoms with van der Waals surface area (Å²) in [7, 11) is 1.94. The Morgan fingerprint density at radius 1 is 1.38 bits per heavy atom. The zero-order valence-electron chi connectivity index (χ0n) is 12.8. The maximum Gasteiger partial charge on any atom is 0.292 e. The van der Waals surface area contributed by atoms with E-state index in [1.54, 1.807) is 0 Å². The van der Waals surface area contributed by atoms with Crippen LogP contribution in [0.3, 0.4) is 0 Å². The van der Waals surface area contributed by atoms with E-state index in [9.17, 15) is 4.79 Å². The third kappa shape index (κ3) is 2.39. The quantitative estimate of drug-likeness (QED) is 0.830. The van der Waals surface area contributed by atoms with Gasteiger partial charge in [-0.05, 0) is 26.7 Å². The van der Waals surface area contributed by atoms with Crippen molar-refractivity contribution in [3.8, 4) is 0 Å². The lowest BCUT2D eigenvalue weighted by atomic mass is 10.0. The van der Waals surface area contributed by atoms with Gasteiger partial charge in [0, 0.05) is 24.8 Å². The second-order valence-corrected chi connectivity index (χ2v) is 5.57. The molecular formula is C15H21N3O3. The molecular weight excluding hydrogens is 270 g/mol. The second kappa shape index (κ2) is 5.42. The van der Waals surface area contributed by atoms with Crippen LogP contribution in [0.1, 0.15) is 35.8 Å². The molecule has 1 amide bonds. The van der Waals surface area contributed by atoms with Crippen molar-refractivity contribution in [2.45, 2.75) is 32.7 Å². The molecule has 6 nitrogen and oxygen atoms in total. The van der Waals surface area contributed by atoms with E-state index in [1.807, 2.05) is 23.6 Å². The Morgan fingerprint density at radius 2 is 2.19 bits per heavy atom. The monoisotopic (exact) mass is 291 g/mol. The van der Waals surface area contributed by atoms with E-state index in [1.165, 1.54) is 11.8 Å².